The number of hydrogen-bond donors (Lipinski definition) is 1. The minimum atomic E-state index is -0.777. The van der Waals surface area contributed by atoms with Crippen LogP contribution in [0.5, 0.6) is 0 Å². The molecule has 1 N–H and O–H groups in total. The van der Waals surface area contributed by atoms with Gasteiger partial charge in [0, 0.05) is 13.0 Å². The lowest BCUT2D eigenvalue weighted by atomic mass is 10.00. The zero-order valence-electron chi connectivity index (χ0n) is 11.3. The van der Waals surface area contributed by atoms with Crippen LogP contribution in [0.15, 0.2) is 0 Å². The summed E-state index contributed by atoms with van der Waals surface area (Å²) in [7, 11) is 1.26. The Kier molecular flexibility index (Phi) is 4.56. The molecule has 0 unspecified atom stereocenters. The molecule has 1 saturated heterocycles. The maximum absolute atomic E-state index is 12.0. The molecule has 1 fully saturated rings. The van der Waals surface area contributed by atoms with E-state index in [9.17, 15) is 14.7 Å². The lowest BCUT2D eigenvalue weighted by molar-refractivity contribution is -0.163. The van der Waals surface area contributed by atoms with Crippen molar-refractivity contribution in [2.45, 2.75) is 51.4 Å². The fraction of sp³-hybridized carbons (Fsp3) is 0.833. The second kappa shape index (κ2) is 5.56. The van der Waals surface area contributed by atoms with Crippen LogP contribution in [0.2, 0.25) is 0 Å². The van der Waals surface area contributed by atoms with Crippen molar-refractivity contribution >= 4 is 12.1 Å². The first-order valence-corrected chi connectivity index (χ1v) is 6.00. The highest BCUT2D eigenvalue weighted by molar-refractivity contribution is 5.82. The minimum Gasteiger partial charge on any atom is -0.458 e. The van der Waals surface area contributed by atoms with Crippen LogP contribution in [0.1, 0.15) is 33.6 Å². The molecule has 0 spiro atoms. The summed E-state index contributed by atoms with van der Waals surface area (Å²) >= 11 is 0. The highest BCUT2D eigenvalue weighted by Gasteiger charge is 2.38. The van der Waals surface area contributed by atoms with E-state index in [0.29, 0.717) is 6.42 Å². The van der Waals surface area contributed by atoms with Crippen molar-refractivity contribution in [3.05, 3.63) is 0 Å². The van der Waals surface area contributed by atoms with Crippen LogP contribution < -0.4 is 0 Å². The third kappa shape index (κ3) is 3.87. The maximum Gasteiger partial charge on any atom is 0.410 e. The van der Waals surface area contributed by atoms with E-state index in [1.54, 1.807) is 20.8 Å². The van der Waals surface area contributed by atoms with Crippen LogP contribution in [-0.2, 0) is 14.3 Å². The topological polar surface area (TPSA) is 76.1 Å². The largest absolute Gasteiger partial charge is 0.458 e. The Morgan fingerprint density at radius 3 is 2.44 bits per heavy atom. The molecule has 1 amide bonds. The van der Waals surface area contributed by atoms with E-state index in [1.807, 2.05) is 0 Å². The molecule has 0 saturated carbocycles. The van der Waals surface area contributed by atoms with Crippen molar-refractivity contribution in [2.75, 3.05) is 13.7 Å². The Balaban J connectivity index is 2.78. The van der Waals surface area contributed by atoms with Gasteiger partial charge < -0.3 is 14.6 Å². The number of methoxy groups -OCH3 is 1. The Bertz CT molecular complexity index is 323. The van der Waals surface area contributed by atoms with E-state index in [1.165, 1.54) is 12.0 Å². The van der Waals surface area contributed by atoms with Gasteiger partial charge in [-0.2, -0.15) is 0 Å². The highest BCUT2D eigenvalue weighted by Crippen LogP contribution is 2.21. The summed E-state index contributed by atoms with van der Waals surface area (Å²) in [4.78, 5) is 24.9. The van der Waals surface area contributed by atoms with Gasteiger partial charge in [0.05, 0.1) is 13.2 Å². The Morgan fingerprint density at radius 2 is 1.94 bits per heavy atom. The van der Waals surface area contributed by atoms with E-state index in [2.05, 4.69) is 4.74 Å². The number of likely N-dealkylation sites (tertiary alicyclic amines) is 1. The second-order valence-corrected chi connectivity index (χ2v) is 5.39. The predicted molar refractivity (Wildman–Crippen MR) is 64.0 cm³/mol. The van der Waals surface area contributed by atoms with Crippen molar-refractivity contribution in [3.63, 3.8) is 0 Å². The molecule has 0 aliphatic carbocycles. The van der Waals surface area contributed by atoms with Crippen molar-refractivity contribution in [2.24, 2.45) is 0 Å². The van der Waals surface area contributed by atoms with E-state index < -0.39 is 29.8 Å². The molecule has 2 atom stereocenters. The van der Waals surface area contributed by atoms with Gasteiger partial charge in [-0.05, 0) is 27.2 Å². The van der Waals surface area contributed by atoms with Gasteiger partial charge in [0.2, 0.25) is 0 Å². The number of rotatable bonds is 1. The minimum absolute atomic E-state index is 0.185. The average molecular weight is 259 g/mol. The van der Waals surface area contributed by atoms with Crippen LogP contribution in [0, 0.1) is 0 Å². The van der Waals surface area contributed by atoms with E-state index in [4.69, 9.17) is 4.74 Å². The van der Waals surface area contributed by atoms with E-state index in [0.717, 1.165) is 0 Å². The number of piperidine rings is 1. The van der Waals surface area contributed by atoms with E-state index >= 15 is 0 Å². The monoisotopic (exact) mass is 259 g/mol. The number of esters is 1. The zero-order chi connectivity index (χ0) is 13.9. The third-order valence-electron chi connectivity index (χ3n) is 2.66. The van der Waals surface area contributed by atoms with Crippen LogP contribution >= 0.6 is 0 Å². The average Bonchev–Trinajstić information content (AvgIpc) is 2.25. The predicted octanol–water partition coefficient (Wildman–Crippen LogP) is 0.920. The van der Waals surface area contributed by atoms with Crippen LogP contribution in [-0.4, -0.2) is 53.5 Å². The first-order chi connectivity index (χ1) is 8.24. The van der Waals surface area contributed by atoms with Crippen molar-refractivity contribution in [3.8, 4) is 0 Å². The van der Waals surface area contributed by atoms with Crippen LogP contribution in [0.4, 0.5) is 4.79 Å². The number of aliphatic hydroxyl groups excluding tert-OH is 1. The lowest BCUT2D eigenvalue weighted by Gasteiger charge is -2.36. The Labute approximate surface area is 107 Å². The standard InChI is InChI=1S/C12H21NO5/c1-12(2,3)18-10(15)9-7-8(14)5-6-13(9)11(16)17-4/h8-9,14H,5-7H2,1-4H3/t8-,9+/m1/s1. The van der Waals surface area contributed by atoms with E-state index in [-0.39, 0.29) is 13.0 Å². The summed E-state index contributed by atoms with van der Waals surface area (Å²) in [5, 5.41) is 9.61. The molecule has 0 aromatic carbocycles. The number of ether oxygens (including phenoxy) is 2. The number of aliphatic hydroxyl groups is 1. The molecule has 104 valence electrons. The van der Waals surface area contributed by atoms with Crippen molar-refractivity contribution in [1.29, 1.82) is 0 Å². The normalized spacial score (nSPS) is 24.6. The van der Waals surface area contributed by atoms with Gasteiger partial charge in [-0.25, -0.2) is 9.59 Å². The Hall–Kier alpha value is -1.30. The number of carbonyl (C=O) groups excluding carboxylic acids is 2. The number of amides is 1. The molecule has 0 aromatic rings. The van der Waals surface area contributed by atoms with Gasteiger partial charge >= 0.3 is 12.1 Å². The molecule has 1 aliphatic heterocycles. The molecule has 0 aromatic heterocycles. The second-order valence-electron chi connectivity index (χ2n) is 5.39. The van der Waals surface area contributed by atoms with Crippen molar-refractivity contribution in [1.82, 2.24) is 4.90 Å². The quantitative estimate of drug-likeness (QED) is 0.709. The first kappa shape index (κ1) is 14.8. The molecular formula is C12H21NO5. The van der Waals surface area contributed by atoms with Gasteiger partial charge in [-0.3, -0.25) is 4.90 Å². The summed E-state index contributed by atoms with van der Waals surface area (Å²) in [5.41, 5.74) is -0.624. The summed E-state index contributed by atoms with van der Waals surface area (Å²) in [6, 6.07) is -0.777. The summed E-state index contributed by atoms with van der Waals surface area (Å²) in [5.74, 6) is -0.508. The molecule has 1 aliphatic rings. The maximum atomic E-state index is 12.0. The van der Waals surface area contributed by atoms with Crippen molar-refractivity contribution < 1.29 is 24.2 Å². The number of carbonyl (C=O) groups is 2. The molecule has 18 heavy (non-hydrogen) atoms. The fourth-order valence-electron chi connectivity index (χ4n) is 1.88. The molecule has 0 bridgehead atoms. The van der Waals surface area contributed by atoms with Gasteiger partial charge in [0.25, 0.3) is 0 Å². The molecule has 1 heterocycles. The third-order valence-corrected chi connectivity index (χ3v) is 2.66. The SMILES string of the molecule is COC(=O)N1CC[C@@H](O)C[C@H]1C(=O)OC(C)(C)C. The van der Waals surface area contributed by atoms with Gasteiger partial charge in [0.15, 0.2) is 0 Å². The fourth-order valence-corrected chi connectivity index (χ4v) is 1.88. The van der Waals surface area contributed by atoms with Gasteiger partial charge in [-0.1, -0.05) is 0 Å². The smallest absolute Gasteiger partial charge is 0.410 e. The van der Waals surface area contributed by atoms with Gasteiger partial charge in [-0.15, -0.1) is 0 Å². The molecule has 0 radical (unpaired) electrons. The summed E-state index contributed by atoms with van der Waals surface area (Å²) in [6.45, 7) is 5.56. The zero-order valence-corrected chi connectivity index (χ0v) is 11.3. The number of nitrogens with zero attached hydrogens (tertiary/aromatic N) is 1. The summed E-state index contributed by atoms with van der Waals surface area (Å²) in [6.07, 6.45) is -0.542. The number of hydrogen-bond acceptors (Lipinski definition) is 5. The van der Waals surface area contributed by atoms with Crippen LogP contribution in [0.25, 0.3) is 0 Å². The highest BCUT2D eigenvalue weighted by atomic mass is 16.6. The Morgan fingerprint density at radius 1 is 1.33 bits per heavy atom. The van der Waals surface area contributed by atoms with Gasteiger partial charge in [0.1, 0.15) is 11.6 Å². The molecular weight excluding hydrogens is 238 g/mol. The molecule has 6 heteroatoms. The first-order valence-electron chi connectivity index (χ1n) is 6.00. The summed E-state index contributed by atoms with van der Waals surface area (Å²) < 4.78 is 9.88. The van der Waals surface area contributed by atoms with Crippen LogP contribution in [0.3, 0.4) is 0 Å². The lowest BCUT2D eigenvalue weighted by Crippen LogP contribution is -2.52. The molecule has 1 rings (SSSR count). The molecule has 6 nitrogen and oxygen atoms in total.